The van der Waals surface area contributed by atoms with Crippen LogP contribution in [0, 0.1) is 0 Å². The fourth-order valence-electron chi connectivity index (χ4n) is 2.92. The van der Waals surface area contributed by atoms with E-state index in [1.54, 1.807) is 35.0 Å². The number of carbonyl (C=O) groups excluding carboxylic acids is 1. The number of anilines is 2. The smallest absolute Gasteiger partial charge is 0.277 e. The van der Waals surface area contributed by atoms with Crippen molar-refractivity contribution in [2.45, 2.75) is 11.4 Å². The van der Waals surface area contributed by atoms with Crippen molar-refractivity contribution in [3.05, 3.63) is 101 Å². The summed E-state index contributed by atoms with van der Waals surface area (Å²) < 4.78 is 29.4. The number of hydrogen-bond donors (Lipinski definition) is 2. The number of hydrogen-bond acceptors (Lipinski definition) is 5. The van der Waals surface area contributed by atoms with Crippen molar-refractivity contribution in [1.82, 2.24) is 15.0 Å². The first-order valence-electron chi connectivity index (χ1n) is 9.53. The number of carbonyl (C=O) groups is 1. The van der Waals surface area contributed by atoms with Crippen molar-refractivity contribution in [1.29, 1.82) is 0 Å². The molecule has 0 fully saturated rings. The molecule has 0 aliphatic heterocycles. The van der Waals surface area contributed by atoms with Gasteiger partial charge in [0.15, 0.2) is 5.69 Å². The second-order valence-electron chi connectivity index (χ2n) is 6.88. The van der Waals surface area contributed by atoms with Crippen molar-refractivity contribution in [3.63, 3.8) is 0 Å². The summed E-state index contributed by atoms with van der Waals surface area (Å²) in [7, 11) is -3.86. The van der Waals surface area contributed by atoms with Crippen LogP contribution in [-0.2, 0) is 16.6 Å². The highest BCUT2D eigenvalue weighted by atomic mass is 35.5. The molecule has 162 valence electrons. The van der Waals surface area contributed by atoms with Gasteiger partial charge in [-0.25, -0.2) is 13.1 Å². The average molecular weight is 468 g/mol. The molecule has 0 unspecified atom stereocenters. The molecule has 0 saturated carbocycles. The normalized spacial score (nSPS) is 11.2. The molecule has 0 bridgehead atoms. The number of aromatic nitrogens is 3. The van der Waals surface area contributed by atoms with Crippen LogP contribution in [0.25, 0.3) is 0 Å². The highest BCUT2D eigenvalue weighted by molar-refractivity contribution is 7.92. The van der Waals surface area contributed by atoms with Crippen molar-refractivity contribution in [2.75, 3.05) is 10.0 Å². The molecule has 4 rings (SSSR count). The van der Waals surface area contributed by atoms with Crippen LogP contribution in [0.15, 0.2) is 90.0 Å². The van der Waals surface area contributed by atoms with Crippen molar-refractivity contribution < 1.29 is 13.2 Å². The van der Waals surface area contributed by atoms with Gasteiger partial charge in [-0.05, 0) is 48.0 Å². The number of halogens is 1. The lowest BCUT2D eigenvalue weighted by Gasteiger charge is -2.10. The minimum Gasteiger partial charge on any atom is -0.321 e. The summed E-state index contributed by atoms with van der Waals surface area (Å²) in [5, 5.41) is 11.0. The molecular weight excluding hydrogens is 450 g/mol. The lowest BCUT2D eigenvalue weighted by molar-refractivity contribution is 0.102. The molecule has 0 aliphatic carbocycles. The molecule has 32 heavy (non-hydrogen) atoms. The van der Waals surface area contributed by atoms with Crippen molar-refractivity contribution >= 4 is 38.9 Å². The van der Waals surface area contributed by atoms with Crippen LogP contribution in [-0.4, -0.2) is 29.3 Å². The number of benzene rings is 3. The van der Waals surface area contributed by atoms with E-state index in [0.29, 0.717) is 22.9 Å². The van der Waals surface area contributed by atoms with E-state index in [1.807, 2.05) is 30.3 Å². The second-order valence-corrected chi connectivity index (χ2v) is 9.00. The monoisotopic (exact) mass is 467 g/mol. The third kappa shape index (κ3) is 5.32. The Morgan fingerprint density at radius 3 is 2.44 bits per heavy atom. The third-order valence-electron chi connectivity index (χ3n) is 4.46. The van der Waals surface area contributed by atoms with E-state index >= 15 is 0 Å². The van der Waals surface area contributed by atoms with Gasteiger partial charge in [-0.3, -0.25) is 9.52 Å². The maximum absolute atomic E-state index is 12.7. The van der Waals surface area contributed by atoms with Crippen LogP contribution in [0.4, 0.5) is 11.4 Å². The molecule has 3 aromatic carbocycles. The SMILES string of the molecule is O=C(Nc1cccc(S(=O)(=O)Nc2ccc(Cl)cc2)c1)c1cn(Cc2ccccc2)nn1. The zero-order valence-corrected chi connectivity index (χ0v) is 18.2. The number of amides is 1. The van der Waals surface area contributed by atoms with Gasteiger partial charge in [-0.1, -0.05) is 53.2 Å². The van der Waals surface area contributed by atoms with E-state index in [4.69, 9.17) is 11.6 Å². The van der Waals surface area contributed by atoms with Gasteiger partial charge >= 0.3 is 0 Å². The van der Waals surface area contributed by atoms with Gasteiger partial charge in [0.1, 0.15) is 0 Å². The minimum absolute atomic E-state index is 0.00187. The topological polar surface area (TPSA) is 106 Å². The molecule has 0 radical (unpaired) electrons. The minimum atomic E-state index is -3.86. The molecule has 1 aromatic heterocycles. The van der Waals surface area contributed by atoms with Crippen molar-refractivity contribution in [2.24, 2.45) is 0 Å². The number of nitrogens with zero attached hydrogens (tertiary/aromatic N) is 3. The summed E-state index contributed by atoms with van der Waals surface area (Å²) in [6.07, 6.45) is 1.53. The maximum atomic E-state index is 12.7. The Labute approximate surface area is 189 Å². The fourth-order valence-corrected chi connectivity index (χ4v) is 4.15. The quantitative estimate of drug-likeness (QED) is 0.426. The van der Waals surface area contributed by atoms with Gasteiger partial charge in [-0.15, -0.1) is 5.10 Å². The molecule has 8 nitrogen and oxygen atoms in total. The van der Waals surface area contributed by atoms with E-state index in [1.165, 1.54) is 24.4 Å². The van der Waals surface area contributed by atoms with Gasteiger partial charge in [0.2, 0.25) is 0 Å². The zero-order chi connectivity index (χ0) is 22.6. The molecule has 0 atom stereocenters. The first-order valence-corrected chi connectivity index (χ1v) is 11.4. The molecule has 0 spiro atoms. The van der Waals surface area contributed by atoms with Gasteiger partial charge in [0.05, 0.1) is 17.6 Å². The zero-order valence-electron chi connectivity index (χ0n) is 16.6. The highest BCUT2D eigenvalue weighted by Crippen LogP contribution is 2.21. The lowest BCUT2D eigenvalue weighted by atomic mass is 10.2. The van der Waals surface area contributed by atoms with E-state index in [-0.39, 0.29) is 10.6 Å². The molecule has 1 heterocycles. The Morgan fingerprint density at radius 1 is 0.938 bits per heavy atom. The fraction of sp³-hybridized carbons (Fsp3) is 0.0455. The van der Waals surface area contributed by atoms with Gasteiger partial charge in [0, 0.05) is 16.4 Å². The summed E-state index contributed by atoms with van der Waals surface area (Å²) in [5.41, 5.74) is 1.83. The molecule has 4 aromatic rings. The van der Waals surface area contributed by atoms with Gasteiger partial charge < -0.3 is 5.32 Å². The first-order chi connectivity index (χ1) is 15.4. The summed E-state index contributed by atoms with van der Waals surface area (Å²) in [6, 6.07) is 21.9. The second kappa shape index (κ2) is 9.21. The summed E-state index contributed by atoms with van der Waals surface area (Å²) in [5.74, 6) is -0.496. The largest absolute Gasteiger partial charge is 0.321 e. The lowest BCUT2D eigenvalue weighted by Crippen LogP contribution is -2.15. The predicted octanol–water partition coefficient (Wildman–Crippen LogP) is 4.03. The predicted molar refractivity (Wildman–Crippen MR) is 122 cm³/mol. The summed E-state index contributed by atoms with van der Waals surface area (Å²) in [6.45, 7) is 0.477. The van der Waals surface area contributed by atoms with Crippen LogP contribution in [0.1, 0.15) is 16.1 Å². The molecule has 1 amide bonds. The maximum Gasteiger partial charge on any atom is 0.277 e. The van der Waals surface area contributed by atoms with E-state index in [0.717, 1.165) is 5.56 Å². The van der Waals surface area contributed by atoms with Crippen LogP contribution in [0.3, 0.4) is 0 Å². The van der Waals surface area contributed by atoms with Crippen LogP contribution in [0.2, 0.25) is 5.02 Å². The Kier molecular flexibility index (Phi) is 6.20. The third-order valence-corrected chi connectivity index (χ3v) is 6.09. The van der Waals surface area contributed by atoms with Crippen molar-refractivity contribution in [3.8, 4) is 0 Å². The van der Waals surface area contributed by atoms with E-state index in [9.17, 15) is 13.2 Å². The standard InChI is InChI=1S/C22H18ClN5O3S/c23-17-9-11-18(12-10-17)26-32(30,31)20-8-4-7-19(13-20)24-22(29)21-15-28(27-25-21)14-16-5-2-1-3-6-16/h1-13,15,26H,14H2,(H,24,29). The summed E-state index contributed by atoms with van der Waals surface area (Å²) in [4.78, 5) is 12.6. The van der Waals surface area contributed by atoms with E-state index in [2.05, 4.69) is 20.4 Å². The molecule has 10 heteroatoms. The Bertz CT molecular complexity index is 1340. The Hall–Kier alpha value is -3.69. The molecular formula is C22H18ClN5O3S. The van der Waals surface area contributed by atoms with Crippen LogP contribution < -0.4 is 10.0 Å². The Morgan fingerprint density at radius 2 is 1.69 bits per heavy atom. The molecule has 0 aliphatic rings. The highest BCUT2D eigenvalue weighted by Gasteiger charge is 2.17. The average Bonchev–Trinajstić information content (AvgIpc) is 3.25. The van der Waals surface area contributed by atoms with Gasteiger partial charge in [-0.2, -0.15) is 0 Å². The number of rotatable bonds is 7. The van der Waals surface area contributed by atoms with Crippen LogP contribution >= 0.6 is 11.6 Å². The number of nitrogens with one attached hydrogen (secondary N) is 2. The van der Waals surface area contributed by atoms with E-state index < -0.39 is 15.9 Å². The van der Waals surface area contributed by atoms with Gasteiger partial charge in [0.25, 0.3) is 15.9 Å². The van der Waals surface area contributed by atoms with Crippen LogP contribution in [0.5, 0.6) is 0 Å². The summed E-state index contributed by atoms with van der Waals surface area (Å²) >= 11 is 5.83. The molecule has 2 N–H and O–H groups in total. The first kappa shape index (κ1) is 21.5. The molecule has 0 saturated heterocycles. The Balaban J connectivity index is 1.45. The number of sulfonamides is 1.